The highest BCUT2D eigenvalue weighted by Gasteiger charge is 2.13. The van der Waals surface area contributed by atoms with E-state index in [2.05, 4.69) is 0 Å². The summed E-state index contributed by atoms with van der Waals surface area (Å²) in [6.07, 6.45) is 0. The summed E-state index contributed by atoms with van der Waals surface area (Å²) in [7, 11) is -3.35. The number of hydrogen-bond acceptors (Lipinski definition) is 4. The number of rotatable bonds is 4. The molecule has 0 atom stereocenters. The predicted molar refractivity (Wildman–Crippen MR) is 60.7 cm³/mol. The summed E-state index contributed by atoms with van der Waals surface area (Å²) in [4.78, 5) is 0.217. The topological polar surface area (TPSA) is 80.4 Å². The number of benzene rings is 1. The molecule has 1 aromatic rings. The molecule has 0 heterocycles. The zero-order valence-electron chi connectivity index (χ0n) is 8.09. The van der Waals surface area contributed by atoms with Gasteiger partial charge in [-0.05, 0) is 17.7 Å². The molecule has 15 heavy (non-hydrogen) atoms. The molecule has 1 aromatic carbocycles. The van der Waals surface area contributed by atoms with Crippen molar-refractivity contribution in [3.05, 3.63) is 29.8 Å². The fraction of sp³-hybridized carbons (Fsp3) is 0.333. The van der Waals surface area contributed by atoms with Crippen molar-refractivity contribution in [3.63, 3.8) is 0 Å². The van der Waals surface area contributed by atoms with Gasteiger partial charge < -0.3 is 10.8 Å². The number of nitrogens with two attached hydrogens (primary N) is 1. The highest BCUT2D eigenvalue weighted by molar-refractivity contribution is 7.91. The molecule has 0 bridgehead atoms. The molecule has 4 nitrogen and oxygen atoms in total. The van der Waals surface area contributed by atoms with Gasteiger partial charge in [0.05, 0.1) is 17.3 Å². The Morgan fingerprint density at radius 3 is 2.53 bits per heavy atom. The van der Waals surface area contributed by atoms with Crippen molar-refractivity contribution < 1.29 is 13.5 Å². The normalized spacial score (nSPS) is 10.8. The Hall–Kier alpha value is -0.620. The van der Waals surface area contributed by atoms with E-state index in [-0.39, 0.29) is 29.7 Å². The molecular formula is C9H14ClNO3S. The molecule has 3 N–H and O–H groups in total. The van der Waals surface area contributed by atoms with Crippen LogP contribution in [0.15, 0.2) is 29.2 Å². The van der Waals surface area contributed by atoms with Crippen LogP contribution in [0.2, 0.25) is 0 Å². The molecule has 0 saturated heterocycles. The van der Waals surface area contributed by atoms with Gasteiger partial charge in [0.25, 0.3) is 0 Å². The van der Waals surface area contributed by atoms with E-state index in [0.29, 0.717) is 6.54 Å². The first-order chi connectivity index (χ1) is 6.60. The number of sulfone groups is 1. The lowest BCUT2D eigenvalue weighted by Gasteiger charge is -2.03. The molecule has 0 aliphatic heterocycles. The van der Waals surface area contributed by atoms with Gasteiger partial charge in [0.15, 0.2) is 9.84 Å². The van der Waals surface area contributed by atoms with Crippen molar-refractivity contribution in [3.8, 4) is 0 Å². The molecular weight excluding hydrogens is 238 g/mol. The minimum atomic E-state index is -3.35. The van der Waals surface area contributed by atoms with E-state index in [1.807, 2.05) is 0 Å². The van der Waals surface area contributed by atoms with Crippen LogP contribution >= 0.6 is 12.4 Å². The summed E-state index contributed by atoms with van der Waals surface area (Å²) >= 11 is 0. The van der Waals surface area contributed by atoms with Gasteiger partial charge >= 0.3 is 0 Å². The SMILES string of the molecule is Cl.NCc1cccc(S(=O)(=O)CCO)c1. The molecule has 6 heteroatoms. The summed E-state index contributed by atoms with van der Waals surface area (Å²) < 4.78 is 23.0. The van der Waals surface area contributed by atoms with Gasteiger partial charge in [-0.1, -0.05) is 12.1 Å². The van der Waals surface area contributed by atoms with E-state index in [9.17, 15) is 8.42 Å². The average Bonchev–Trinajstić information content (AvgIpc) is 2.18. The van der Waals surface area contributed by atoms with E-state index in [4.69, 9.17) is 10.8 Å². The maximum Gasteiger partial charge on any atom is 0.180 e. The summed E-state index contributed by atoms with van der Waals surface area (Å²) in [6.45, 7) is -0.0579. The Morgan fingerprint density at radius 1 is 1.33 bits per heavy atom. The molecule has 0 aliphatic carbocycles. The molecule has 0 unspecified atom stereocenters. The van der Waals surface area contributed by atoms with E-state index in [1.54, 1.807) is 12.1 Å². The van der Waals surface area contributed by atoms with Crippen LogP contribution in [0.5, 0.6) is 0 Å². The second kappa shape index (κ2) is 6.07. The highest BCUT2D eigenvalue weighted by Crippen LogP contribution is 2.12. The van der Waals surface area contributed by atoms with Crippen molar-refractivity contribution in [1.29, 1.82) is 0 Å². The quantitative estimate of drug-likeness (QED) is 0.808. The van der Waals surface area contributed by atoms with Gasteiger partial charge in [0, 0.05) is 6.54 Å². The third kappa shape index (κ3) is 3.79. The van der Waals surface area contributed by atoms with Crippen LogP contribution in [0.1, 0.15) is 5.56 Å². The number of hydrogen-bond donors (Lipinski definition) is 2. The van der Waals surface area contributed by atoms with Crippen molar-refractivity contribution in [2.24, 2.45) is 5.73 Å². The van der Waals surface area contributed by atoms with Gasteiger partial charge in [0.1, 0.15) is 0 Å². The molecule has 0 saturated carbocycles. The summed E-state index contributed by atoms with van der Waals surface area (Å²) in [5.41, 5.74) is 6.16. The standard InChI is InChI=1S/C9H13NO3S.ClH/c10-7-8-2-1-3-9(6-8)14(12,13)5-4-11;/h1-3,6,11H,4-5,7,10H2;1H. The van der Waals surface area contributed by atoms with Gasteiger partial charge in [-0.2, -0.15) is 0 Å². The maximum absolute atomic E-state index is 11.5. The van der Waals surface area contributed by atoms with Crippen molar-refractivity contribution in [2.75, 3.05) is 12.4 Å². The van der Waals surface area contributed by atoms with Crippen LogP contribution in [0, 0.1) is 0 Å². The molecule has 0 fully saturated rings. The Balaban J connectivity index is 0.00000196. The minimum Gasteiger partial charge on any atom is -0.395 e. The molecule has 0 aliphatic rings. The third-order valence-electron chi connectivity index (χ3n) is 1.85. The first-order valence-electron chi connectivity index (χ1n) is 4.23. The minimum absolute atomic E-state index is 0. The van der Waals surface area contributed by atoms with E-state index in [0.717, 1.165) is 5.56 Å². The lowest BCUT2D eigenvalue weighted by molar-refractivity contribution is 0.319. The van der Waals surface area contributed by atoms with Crippen LogP contribution in [0.25, 0.3) is 0 Å². The van der Waals surface area contributed by atoms with Crippen LogP contribution in [0.3, 0.4) is 0 Å². The second-order valence-corrected chi connectivity index (χ2v) is 5.00. The molecule has 0 amide bonds. The maximum atomic E-state index is 11.5. The average molecular weight is 252 g/mol. The summed E-state index contributed by atoms with van der Waals surface area (Å²) in [5, 5.41) is 8.59. The van der Waals surface area contributed by atoms with Gasteiger partial charge in [-0.3, -0.25) is 0 Å². The zero-order chi connectivity index (χ0) is 10.6. The predicted octanol–water partition coefficient (Wildman–Crippen LogP) is 0.333. The molecule has 1 rings (SSSR count). The van der Waals surface area contributed by atoms with E-state index < -0.39 is 9.84 Å². The lowest BCUT2D eigenvalue weighted by Crippen LogP contribution is -2.10. The number of aliphatic hydroxyl groups excluding tert-OH is 1. The van der Waals surface area contributed by atoms with Crippen LogP contribution in [-0.4, -0.2) is 25.9 Å². The fourth-order valence-electron chi connectivity index (χ4n) is 1.10. The summed E-state index contributed by atoms with van der Waals surface area (Å²) in [6, 6.07) is 6.44. The van der Waals surface area contributed by atoms with Crippen molar-refractivity contribution in [1.82, 2.24) is 0 Å². The van der Waals surface area contributed by atoms with E-state index >= 15 is 0 Å². The van der Waals surface area contributed by atoms with Gasteiger partial charge in [-0.25, -0.2) is 8.42 Å². The Morgan fingerprint density at radius 2 is 2.00 bits per heavy atom. The third-order valence-corrected chi connectivity index (χ3v) is 3.55. The van der Waals surface area contributed by atoms with Gasteiger partial charge in [0.2, 0.25) is 0 Å². The lowest BCUT2D eigenvalue weighted by atomic mass is 10.2. The van der Waals surface area contributed by atoms with E-state index in [1.165, 1.54) is 12.1 Å². The largest absolute Gasteiger partial charge is 0.395 e. The Kier molecular flexibility index (Phi) is 5.82. The van der Waals surface area contributed by atoms with Crippen molar-refractivity contribution in [2.45, 2.75) is 11.4 Å². The summed E-state index contributed by atoms with van der Waals surface area (Å²) in [5.74, 6) is -0.249. The van der Waals surface area contributed by atoms with Crippen molar-refractivity contribution >= 4 is 22.2 Å². The molecule has 0 aromatic heterocycles. The van der Waals surface area contributed by atoms with Crippen LogP contribution < -0.4 is 5.73 Å². The molecule has 0 radical (unpaired) electrons. The Bertz CT molecular complexity index is 406. The molecule has 86 valence electrons. The Labute approximate surface area is 95.4 Å². The molecule has 0 spiro atoms. The van der Waals surface area contributed by atoms with Gasteiger partial charge in [-0.15, -0.1) is 12.4 Å². The number of aliphatic hydroxyl groups is 1. The second-order valence-electron chi connectivity index (χ2n) is 2.89. The number of halogens is 1. The monoisotopic (exact) mass is 251 g/mol. The first kappa shape index (κ1) is 14.4. The smallest absolute Gasteiger partial charge is 0.180 e. The first-order valence-corrected chi connectivity index (χ1v) is 5.88. The van der Waals surface area contributed by atoms with Crippen LogP contribution in [0.4, 0.5) is 0 Å². The van der Waals surface area contributed by atoms with Crippen LogP contribution in [-0.2, 0) is 16.4 Å². The highest BCUT2D eigenvalue weighted by atomic mass is 35.5. The zero-order valence-corrected chi connectivity index (χ0v) is 9.72. The fourth-order valence-corrected chi connectivity index (χ4v) is 2.20.